The molecule has 0 amide bonds. The molecule has 0 bridgehead atoms. The average Bonchev–Trinajstić information content (AvgIpc) is 3.98. The first-order valence-electron chi connectivity index (χ1n) is 19.6. The molecule has 9 aromatic carbocycles. The minimum Gasteiger partial charge on any atom is -0.456 e. The van der Waals surface area contributed by atoms with Gasteiger partial charge < -0.3 is 13.7 Å². The molecular formula is C54H33NO2S. The van der Waals surface area contributed by atoms with Gasteiger partial charge >= 0.3 is 0 Å². The van der Waals surface area contributed by atoms with Crippen LogP contribution in [0.25, 0.3) is 97.4 Å². The molecule has 0 atom stereocenters. The Balaban J connectivity index is 1.14. The van der Waals surface area contributed by atoms with Gasteiger partial charge in [-0.25, -0.2) is 0 Å². The van der Waals surface area contributed by atoms with Crippen molar-refractivity contribution in [1.29, 1.82) is 0 Å². The molecule has 0 aliphatic carbocycles. The van der Waals surface area contributed by atoms with Crippen LogP contribution in [0.15, 0.2) is 209 Å². The monoisotopic (exact) mass is 759 g/mol. The fraction of sp³-hybridized carbons (Fsp3) is 0. The van der Waals surface area contributed by atoms with Gasteiger partial charge in [0.15, 0.2) is 0 Å². The molecule has 4 heteroatoms. The van der Waals surface area contributed by atoms with E-state index in [9.17, 15) is 0 Å². The summed E-state index contributed by atoms with van der Waals surface area (Å²) in [4.78, 5) is 2.40. The molecule has 0 unspecified atom stereocenters. The van der Waals surface area contributed by atoms with E-state index in [1.807, 2.05) is 29.5 Å². The van der Waals surface area contributed by atoms with Gasteiger partial charge in [0.25, 0.3) is 0 Å². The van der Waals surface area contributed by atoms with Crippen LogP contribution in [-0.2, 0) is 0 Å². The number of hydrogen-bond acceptors (Lipinski definition) is 4. The maximum atomic E-state index is 6.79. The molecule has 0 aliphatic heterocycles. The molecule has 3 nitrogen and oxygen atoms in total. The molecule has 3 aromatic heterocycles. The van der Waals surface area contributed by atoms with E-state index >= 15 is 0 Å². The van der Waals surface area contributed by atoms with E-state index in [0.717, 1.165) is 72.1 Å². The van der Waals surface area contributed by atoms with Crippen LogP contribution >= 0.6 is 11.3 Å². The second-order valence-electron chi connectivity index (χ2n) is 14.8. The second-order valence-corrected chi connectivity index (χ2v) is 15.9. The van der Waals surface area contributed by atoms with E-state index in [2.05, 4.69) is 187 Å². The molecule has 0 N–H and O–H groups in total. The number of nitrogens with zero attached hydrogens (tertiary/aromatic N) is 1. The van der Waals surface area contributed by atoms with Crippen LogP contribution in [0.2, 0.25) is 0 Å². The van der Waals surface area contributed by atoms with Crippen LogP contribution in [0, 0.1) is 0 Å². The van der Waals surface area contributed by atoms with Crippen LogP contribution in [0.4, 0.5) is 17.1 Å². The lowest BCUT2D eigenvalue weighted by Gasteiger charge is -2.27. The molecule has 3 heterocycles. The van der Waals surface area contributed by atoms with E-state index in [1.54, 1.807) is 0 Å². The second kappa shape index (κ2) is 13.1. The first-order chi connectivity index (χ1) is 28.7. The highest BCUT2D eigenvalue weighted by atomic mass is 32.1. The normalized spacial score (nSPS) is 11.8. The molecule has 0 fully saturated rings. The van der Waals surface area contributed by atoms with E-state index in [1.165, 1.54) is 42.4 Å². The van der Waals surface area contributed by atoms with E-state index in [4.69, 9.17) is 8.83 Å². The van der Waals surface area contributed by atoms with Crippen molar-refractivity contribution >= 4 is 92.4 Å². The number of anilines is 3. The summed E-state index contributed by atoms with van der Waals surface area (Å²) in [6.07, 6.45) is 0. The van der Waals surface area contributed by atoms with E-state index in [-0.39, 0.29) is 0 Å². The lowest BCUT2D eigenvalue weighted by atomic mass is 9.96. The maximum absolute atomic E-state index is 6.79. The van der Waals surface area contributed by atoms with Gasteiger partial charge in [-0.1, -0.05) is 133 Å². The molecule has 0 spiro atoms. The first kappa shape index (κ1) is 32.8. The Morgan fingerprint density at radius 1 is 0.362 bits per heavy atom. The van der Waals surface area contributed by atoms with Crippen LogP contribution < -0.4 is 4.90 Å². The van der Waals surface area contributed by atoms with Crippen LogP contribution in [-0.4, -0.2) is 0 Å². The van der Waals surface area contributed by atoms with Gasteiger partial charge in [-0.05, 0) is 89.0 Å². The minimum atomic E-state index is 0.862. The Morgan fingerprint density at radius 3 is 1.72 bits per heavy atom. The number of thiophene rings is 1. The first-order valence-corrected chi connectivity index (χ1v) is 20.4. The number of benzene rings is 9. The van der Waals surface area contributed by atoms with Crippen molar-refractivity contribution in [1.82, 2.24) is 0 Å². The third kappa shape index (κ3) is 5.19. The van der Waals surface area contributed by atoms with Gasteiger partial charge in [0.05, 0.1) is 11.1 Å². The Morgan fingerprint density at radius 2 is 0.966 bits per heavy atom. The number of fused-ring (bicyclic) bond motifs is 9. The third-order valence-electron chi connectivity index (χ3n) is 11.5. The van der Waals surface area contributed by atoms with Crippen LogP contribution in [0.1, 0.15) is 0 Å². The molecular weight excluding hydrogens is 727 g/mol. The Bertz CT molecular complexity index is 3510. The minimum absolute atomic E-state index is 0.862. The Labute approximate surface area is 338 Å². The van der Waals surface area contributed by atoms with Crippen molar-refractivity contribution in [3.05, 3.63) is 200 Å². The van der Waals surface area contributed by atoms with Gasteiger partial charge in [0, 0.05) is 58.8 Å². The van der Waals surface area contributed by atoms with Crippen molar-refractivity contribution in [2.75, 3.05) is 4.90 Å². The van der Waals surface area contributed by atoms with Crippen molar-refractivity contribution in [3.63, 3.8) is 0 Å². The van der Waals surface area contributed by atoms with Crippen molar-refractivity contribution in [2.45, 2.75) is 0 Å². The van der Waals surface area contributed by atoms with Crippen molar-refractivity contribution in [2.24, 2.45) is 0 Å². The highest BCUT2D eigenvalue weighted by Crippen LogP contribution is 2.49. The highest BCUT2D eigenvalue weighted by molar-refractivity contribution is 7.26. The van der Waals surface area contributed by atoms with Gasteiger partial charge in [-0.2, -0.15) is 0 Å². The predicted octanol–water partition coefficient (Wildman–Crippen LogP) is 16.3. The average molecular weight is 760 g/mol. The SMILES string of the molecule is c1ccc(-c2cc(-c3ccccc3)c3sc4cc(N(c5ccc6oc7ccccc7c6c5)c5ccc(-c6ccccc6)c6oc7ccccc7c56)ccc4c3c2)cc1. The summed E-state index contributed by atoms with van der Waals surface area (Å²) in [5, 5.41) is 6.84. The largest absolute Gasteiger partial charge is 0.456 e. The summed E-state index contributed by atoms with van der Waals surface area (Å²) in [6.45, 7) is 0. The summed E-state index contributed by atoms with van der Waals surface area (Å²) >= 11 is 1.86. The predicted molar refractivity (Wildman–Crippen MR) is 245 cm³/mol. The lowest BCUT2D eigenvalue weighted by Crippen LogP contribution is -2.10. The summed E-state index contributed by atoms with van der Waals surface area (Å²) in [6, 6.07) is 71.4. The fourth-order valence-electron chi connectivity index (χ4n) is 8.76. The van der Waals surface area contributed by atoms with Gasteiger partial charge in [0.1, 0.15) is 22.3 Å². The van der Waals surface area contributed by atoms with Gasteiger partial charge in [-0.15, -0.1) is 11.3 Å². The summed E-state index contributed by atoms with van der Waals surface area (Å²) in [7, 11) is 0. The highest BCUT2D eigenvalue weighted by Gasteiger charge is 2.24. The van der Waals surface area contributed by atoms with Crippen molar-refractivity contribution in [3.8, 4) is 33.4 Å². The van der Waals surface area contributed by atoms with Gasteiger partial charge in [-0.3, -0.25) is 0 Å². The molecule has 0 aliphatic rings. The number of hydrogen-bond donors (Lipinski definition) is 0. The third-order valence-corrected chi connectivity index (χ3v) is 12.7. The molecule has 272 valence electrons. The molecule has 12 rings (SSSR count). The van der Waals surface area contributed by atoms with Crippen LogP contribution in [0.5, 0.6) is 0 Å². The quantitative estimate of drug-likeness (QED) is 0.169. The van der Waals surface area contributed by atoms with E-state index < -0.39 is 0 Å². The van der Waals surface area contributed by atoms with Crippen molar-refractivity contribution < 1.29 is 8.83 Å². The molecule has 0 saturated heterocycles. The Kier molecular flexibility index (Phi) is 7.40. The number of rotatable bonds is 6. The Hall–Kier alpha value is -7.40. The zero-order valence-corrected chi connectivity index (χ0v) is 32.0. The smallest absolute Gasteiger partial charge is 0.145 e. The zero-order chi connectivity index (χ0) is 38.2. The lowest BCUT2D eigenvalue weighted by molar-refractivity contribution is 0.669. The molecule has 0 saturated carbocycles. The summed E-state index contributed by atoms with van der Waals surface area (Å²) in [5.41, 5.74) is 13.7. The summed E-state index contributed by atoms with van der Waals surface area (Å²) in [5.74, 6) is 0. The standard InChI is InChI=1S/C54H33NO2S/c1-4-14-34(15-5-1)37-30-44(36-18-8-3-9-19-36)54-46(31-37)42-26-24-39(33-51(42)58-54)55(38-25-29-50-45(32-38)41-20-10-12-22-48(41)56-50)47-28-27-40(35-16-6-2-7-17-35)53-52(47)43-21-11-13-23-49(43)57-53/h1-33H. The topological polar surface area (TPSA) is 29.5 Å². The maximum Gasteiger partial charge on any atom is 0.145 e. The van der Waals surface area contributed by atoms with Gasteiger partial charge in [0.2, 0.25) is 0 Å². The zero-order valence-electron chi connectivity index (χ0n) is 31.2. The fourth-order valence-corrected chi connectivity index (χ4v) is 10.0. The molecule has 58 heavy (non-hydrogen) atoms. The molecule has 12 aromatic rings. The molecule has 0 radical (unpaired) electrons. The summed E-state index contributed by atoms with van der Waals surface area (Å²) < 4.78 is 15.6. The number of furan rings is 2. The number of para-hydroxylation sites is 2. The van der Waals surface area contributed by atoms with Crippen LogP contribution in [0.3, 0.4) is 0 Å². The van der Waals surface area contributed by atoms with E-state index in [0.29, 0.717) is 0 Å².